The van der Waals surface area contributed by atoms with E-state index in [1.807, 2.05) is 0 Å². The summed E-state index contributed by atoms with van der Waals surface area (Å²) in [5.41, 5.74) is 1.41. The predicted octanol–water partition coefficient (Wildman–Crippen LogP) is 2.55. The molecule has 10 heteroatoms. The highest BCUT2D eigenvalue weighted by Gasteiger charge is 2.22. The van der Waals surface area contributed by atoms with Crippen LogP contribution in [0.1, 0.15) is 15.9 Å². The van der Waals surface area contributed by atoms with Gasteiger partial charge in [-0.3, -0.25) is 9.10 Å². The predicted molar refractivity (Wildman–Crippen MR) is 120 cm³/mol. The van der Waals surface area contributed by atoms with Crippen LogP contribution < -0.4 is 14.8 Å². The number of carbonyl (C=O) groups is 1. The number of carbonyl (C=O) groups excluding carboxylic acids is 1. The average molecular weight is 460 g/mol. The maximum Gasteiger partial charge on any atom is 0.264 e. The quantitative estimate of drug-likeness (QED) is 0.561. The van der Waals surface area contributed by atoms with Crippen molar-refractivity contribution in [1.82, 2.24) is 0 Å². The normalized spacial score (nSPS) is 11.7. The Bertz CT molecular complexity index is 1310. The van der Waals surface area contributed by atoms with Gasteiger partial charge in [-0.1, -0.05) is 36.4 Å². The molecule has 0 bridgehead atoms. The molecule has 0 heterocycles. The SMILES string of the molecule is CN(c1ccccc1)S(=O)(=O)c1cccc(C(=O)Nc2cccc(CS(N)(=O)=O)c2)c1. The average Bonchev–Trinajstić information content (AvgIpc) is 2.73. The number of hydrogen-bond donors (Lipinski definition) is 2. The smallest absolute Gasteiger partial charge is 0.264 e. The summed E-state index contributed by atoms with van der Waals surface area (Å²) in [7, 11) is -6.15. The first-order valence-corrected chi connectivity index (χ1v) is 12.3. The molecule has 0 atom stereocenters. The van der Waals surface area contributed by atoms with Crippen LogP contribution in [-0.2, 0) is 25.8 Å². The van der Waals surface area contributed by atoms with Crippen molar-refractivity contribution in [2.24, 2.45) is 5.14 Å². The van der Waals surface area contributed by atoms with E-state index in [1.165, 1.54) is 37.4 Å². The Balaban J connectivity index is 1.83. The van der Waals surface area contributed by atoms with Gasteiger partial charge in [-0.2, -0.15) is 0 Å². The van der Waals surface area contributed by atoms with Gasteiger partial charge in [0, 0.05) is 18.3 Å². The van der Waals surface area contributed by atoms with Crippen LogP contribution in [0.2, 0.25) is 0 Å². The molecule has 0 saturated heterocycles. The van der Waals surface area contributed by atoms with Crippen LogP contribution >= 0.6 is 0 Å². The molecule has 0 aromatic heterocycles. The monoisotopic (exact) mass is 459 g/mol. The molecule has 0 radical (unpaired) electrons. The summed E-state index contributed by atoms with van der Waals surface area (Å²) in [5.74, 6) is -0.900. The molecule has 8 nitrogen and oxygen atoms in total. The molecule has 1 amide bonds. The topological polar surface area (TPSA) is 127 Å². The molecule has 0 aliphatic rings. The summed E-state index contributed by atoms with van der Waals surface area (Å²) in [5, 5.41) is 7.70. The summed E-state index contributed by atoms with van der Waals surface area (Å²) in [6, 6.07) is 20.5. The first-order chi connectivity index (χ1) is 14.6. The van der Waals surface area contributed by atoms with Crippen LogP contribution in [0.4, 0.5) is 11.4 Å². The minimum Gasteiger partial charge on any atom is -0.322 e. The van der Waals surface area contributed by atoms with Crippen molar-refractivity contribution < 1.29 is 21.6 Å². The second kappa shape index (κ2) is 8.88. The van der Waals surface area contributed by atoms with Gasteiger partial charge >= 0.3 is 0 Å². The van der Waals surface area contributed by atoms with Crippen molar-refractivity contribution in [1.29, 1.82) is 0 Å². The molecule has 3 aromatic rings. The van der Waals surface area contributed by atoms with Gasteiger partial charge in [0.15, 0.2) is 0 Å². The number of para-hydroxylation sites is 1. The lowest BCUT2D eigenvalue weighted by Gasteiger charge is -2.19. The van der Waals surface area contributed by atoms with Crippen molar-refractivity contribution in [3.05, 3.63) is 90.0 Å². The molecule has 0 aliphatic carbocycles. The number of benzene rings is 3. The van der Waals surface area contributed by atoms with E-state index in [0.717, 1.165) is 4.31 Å². The van der Waals surface area contributed by atoms with E-state index in [9.17, 15) is 21.6 Å². The highest BCUT2D eigenvalue weighted by Crippen LogP contribution is 2.23. The van der Waals surface area contributed by atoms with Crippen molar-refractivity contribution in [3.8, 4) is 0 Å². The van der Waals surface area contributed by atoms with E-state index < -0.39 is 26.0 Å². The molecule has 0 spiro atoms. The van der Waals surface area contributed by atoms with E-state index in [1.54, 1.807) is 48.5 Å². The Morgan fingerprint density at radius 2 is 1.58 bits per heavy atom. The number of nitrogens with two attached hydrogens (primary N) is 1. The van der Waals surface area contributed by atoms with E-state index in [4.69, 9.17) is 5.14 Å². The third-order valence-corrected chi connectivity index (χ3v) is 6.94. The molecule has 3 rings (SSSR count). The lowest BCUT2D eigenvalue weighted by molar-refractivity contribution is 0.102. The number of primary sulfonamides is 1. The Morgan fingerprint density at radius 3 is 2.26 bits per heavy atom. The molecular weight excluding hydrogens is 438 g/mol. The second-order valence-electron chi connectivity index (χ2n) is 6.80. The van der Waals surface area contributed by atoms with Gasteiger partial charge in [-0.05, 0) is 48.0 Å². The fraction of sp³-hybridized carbons (Fsp3) is 0.0952. The molecule has 0 fully saturated rings. The van der Waals surface area contributed by atoms with Crippen molar-refractivity contribution in [2.75, 3.05) is 16.7 Å². The Labute approximate surface area is 181 Å². The molecular formula is C21H21N3O5S2. The molecule has 31 heavy (non-hydrogen) atoms. The number of amides is 1. The summed E-state index contributed by atoms with van der Waals surface area (Å²) < 4.78 is 49.6. The number of hydrogen-bond acceptors (Lipinski definition) is 5. The lowest BCUT2D eigenvalue weighted by atomic mass is 10.2. The molecule has 3 N–H and O–H groups in total. The largest absolute Gasteiger partial charge is 0.322 e. The summed E-state index contributed by atoms with van der Waals surface area (Å²) in [6.07, 6.45) is 0. The minimum atomic E-state index is -3.88. The van der Waals surface area contributed by atoms with Crippen molar-refractivity contribution in [3.63, 3.8) is 0 Å². The standard InChI is InChI=1S/C21H21N3O5S2/c1-24(19-10-3-2-4-11-19)31(28,29)20-12-6-8-17(14-20)21(25)23-18-9-5-7-16(13-18)15-30(22,26)27/h2-14H,15H2,1H3,(H,23,25)(H2,22,26,27). The molecule has 162 valence electrons. The van der Waals surface area contributed by atoms with E-state index >= 15 is 0 Å². The van der Waals surface area contributed by atoms with Gasteiger partial charge in [-0.25, -0.2) is 22.0 Å². The van der Waals surface area contributed by atoms with E-state index in [0.29, 0.717) is 16.9 Å². The highest BCUT2D eigenvalue weighted by atomic mass is 32.2. The van der Waals surface area contributed by atoms with Crippen molar-refractivity contribution >= 4 is 37.3 Å². The first-order valence-electron chi connectivity index (χ1n) is 9.11. The zero-order chi connectivity index (χ0) is 22.6. The minimum absolute atomic E-state index is 0.0329. The molecule has 0 saturated carbocycles. The fourth-order valence-electron chi connectivity index (χ4n) is 2.91. The van der Waals surface area contributed by atoms with Gasteiger partial charge in [0.1, 0.15) is 0 Å². The van der Waals surface area contributed by atoms with Crippen LogP contribution in [0, 0.1) is 0 Å². The first kappa shape index (κ1) is 22.5. The zero-order valence-corrected chi connectivity index (χ0v) is 18.2. The third kappa shape index (κ3) is 5.69. The number of sulfonamides is 2. The third-order valence-electron chi connectivity index (χ3n) is 4.43. The Hall–Kier alpha value is -3.21. The van der Waals surface area contributed by atoms with Crippen LogP contribution in [0.25, 0.3) is 0 Å². The Kier molecular flexibility index (Phi) is 6.44. The van der Waals surface area contributed by atoms with Crippen LogP contribution in [0.5, 0.6) is 0 Å². The molecule has 0 aliphatic heterocycles. The van der Waals surface area contributed by atoms with E-state index in [2.05, 4.69) is 5.32 Å². The summed E-state index contributed by atoms with van der Waals surface area (Å²) >= 11 is 0. The number of nitrogens with one attached hydrogen (secondary N) is 1. The fourth-order valence-corrected chi connectivity index (χ4v) is 4.79. The zero-order valence-electron chi connectivity index (χ0n) is 16.6. The van der Waals surface area contributed by atoms with Gasteiger partial charge in [0.2, 0.25) is 10.0 Å². The van der Waals surface area contributed by atoms with E-state index in [-0.39, 0.29) is 16.2 Å². The number of rotatable bonds is 7. The van der Waals surface area contributed by atoms with Gasteiger partial charge in [0.05, 0.1) is 16.3 Å². The van der Waals surface area contributed by atoms with Crippen LogP contribution in [0.3, 0.4) is 0 Å². The summed E-state index contributed by atoms with van der Waals surface area (Å²) in [4.78, 5) is 12.6. The van der Waals surface area contributed by atoms with Gasteiger partial charge in [0.25, 0.3) is 15.9 Å². The maximum absolute atomic E-state index is 13.0. The maximum atomic E-state index is 13.0. The Morgan fingerprint density at radius 1 is 0.903 bits per heavy atom. The second-order valence-corrected chi connectivity index (χ2v) is 10.4. The van der Waals surface area contributed by atoms with Crippen LogP contribution in [0.15, 0.2) is 83.8 Å². The van der Waals surface area contributed by atoms with Gasteiger partial charge < -0.3 is 5.32 Å². The number of nitrogens with zero attached hydrogens (tertiary/aromatic N) is 1. The summed E-state index contributed by atoms with van der Waals surface area (Å²) in [6.45, 7) is 0. The molecule has 3 aromatic carbocycles. The van der Waals surface area contributed by atoms with Crippen LogP contribution in [-0.4, -0.2) is 29.8 Å². The number of anilines is 2. The molecule has 0 unspecified atom stereocenters. The van der Waals surface area contributed by atoms with Gasteiger partial charge in [-0.15, -0.1) is 0 Å². The van der Waals surface area contributed by atoms with Crippen molar-refractivity contribution in [2.45, 2.75) is 10.6 Å². The highest BCUT2D eigenvalue weighted by molar-refractivity contribution is 7.92. The lowest BCUT2D eigenvalue weighted by Crippen LogP contribution is -2.26.